The van der Waals surface area contributed by atoms with Crippen molar-refractivity contribution in [1.82, 2.24) is 14.5 Å². The van der Waals surface area contributed by atoms with Crippen LogP contribution >= 0.6 is 8.03 Å². The summed E-state index contributed by atoms with van der Waals surface area (Å²) < 4.78 is 28.2. The van der Waals surface area contributed by atoms with Gasteiger partial charge >= 0.3 is 13.7 Å². The van der Waals surface area contributed by atoms with Crippen molar-refractivity contribution in [3.63, 3.8) is 0 Å². The van der Waals surface area contributed by atoms with Gasteiger partial charge < -0.3 is 14.9 Å². The maximum absolute atomic E-state index is 12.6. The molecule has 12 heteroatoms. The molecule has 0 spiro atoms. The van der Waals surface area contributed by atoms with E-state index in [1.807, 2.05) is 39.2 Å². The highest BCUT2D eigenvalue weighted by Gasteiger charge is 2.50. The third-order valence-electron chi connectivity index (χ3n) is 6.34. The topological polar surface area (TPSA) is 126 Å². The second-order valence-electron chi connectivity index (χ2n) is 9.29. The zero-order valence-electron chi connectivity index (χ0n) is 19.9. The highest BCUT2D eigenvalue weighted by Crippen LogP contribution is 2.42. The maximum atomic E-state index is 12.6. The van der Waals surface area contributed by atoms with Crippen molar-refractivity contribution in [3.05, 3.63) is 12.7 Å². The summed E-state index contributed by atoms with van der Waals surface area (Å²) >= 11 is 0. The molecular weight excluding hydrogens is 447 g/mol. The van der Waals surface area contributed by atoms with Crippen molar-refractivity contribution in [2.24, 2.45) is 5.10 Å². The van der Waals surface area contributed by atoms with E-state index in [9.17, 15) is 14.8 Å². The minimum Gasteiger partial charge on any atom is -0.387 e. The Balaban J connectivity index is 1.59. The molecule has 0 aromatic carbocycles. The molecular formula is C21H33N6O5P+2. The van der Waals surface area contributed by atoms with Crippen LogP contribution in [0.5, 0.6) is 0 Å². The summed E-state index contributed by atoms with van der Waals surface area (Å²) in [5.41, 5.74) is 0.483. The van der Waals surface area contributed by atoms with Gasteiger partial charge in [-0.2, -0.15) is 4.98 Å². The molecule has 2 unspecified atom stereocenters. The van der Waals surface area contributed by atoms with E-state index in [0.717, 1.165) is 18.4 Å². The van der Waals surface area contributed by atoms with Gasteiger partial charge in [-0.25, -0.2) is 14.1 Å². The molecule has 0 saturated carbocycles. The first-order chi connectivity index (χ1) is 15.6. The molecule has 0 bridgehead atoms. The first-order valence-electron chi connectivity index (χ1n) is 11.3. The van der Waals surface area contributed by atoms with Gasteiger partial charge in [-0.15, -0.1) is 9.63 Å². The van der Waals surface area contributed by atoms with E-state index >= 15 is 0 Å². The summed E-state index contributed by atoms with van der Waals surface area (Å²) in [6.45, 7) is 9.50. The van der Waals surface area contributed by atoms with Gasteiger partial charge in [0.2, 0.25) is 11.7 Å². The fourth-order valence-electron chi connectivity index (χ4n) is 4.54. The number of anilines is 1. The largest absolute Gasteiger partial charge is 0.511 e. The molecule has 1 saturated heterocycles. The summed E-state index contributed by atoms with van der Waals surface area (Å²) in [5, 5.41) is 27.8. The van der Waals surface area contributed by atoms with Crippen molar-refractivity contribution in [2.45, 2.75) is 89.7 Å². The molecule has 2 aromatic rings. The minimum absolute atomic E-state index is 0.0138. The Labute approximate surface area is 193 Å². The predicted octanol–water partition coefficient (Wildman–Crippen LogP) is 2.09. The number of nitrogens with zero attached hydrogens (tertiary/aromatic N) is 6. The second kappa shape index (κ2) is 8.96. The maximum Gasteiger partial charge on any atom is 0.511 e. The molecule has 1 fully saturated rings. The van der Waals surface area contributed by atoms with Crippen LogP contribution in [0.1, 0.15) is 60.1 Å². The number of hydrogen-bond acceptors (Lipinski definition) is 9. The molecule has 2 N–H and O–H groups in total. The summed E-state index contributed by atoms with van der Waals surface area (Å²) in [5.74, 6) is 1.35. The number of aliphatic hydroxyl groups is 2. The van der Waals surface area contributed by atoms with E-state index in [4.69, 9.17) is 9.26 Å². The Hall–Kier alpha value is -2.04. The Morgan fingerprint density at radius 1 is 1.27 bits per heavy atom. The molecule has 4 rings (SSSR count). The van der Waals surface area contributed by atoms with Gasteiger partial charge in [0.1, 0.15) is 17.8 Å². The highest BCUT2D eigenvalue weighted by atomic mass is 31.1. The van der Waals surface area contributed by atoms with Gasteiger partial charge in [0.15, 0.2) is 30.0 Å². The number of hydrogen-bond donors (Lipinski definition) is 2. The lowest BCUT2D eigenvalue weighted by Gasteiger charge is -2.24. The average molecular weight is 481 g/mol. The van der Waals surface area contributed by atoms with Crippen LogP contribution in [0.15, 0.2) is 17.8 Å². The predicted molar refractivity (Wildman–Crippen MR) is 122 cm³/mol. The van der Waals surface area contributed by atoms with Gasteiger partial charge in [-0.1, -0.05) is 18.8 Å². The van der Waals surface area contributed by atoms with E-state index in [1.54, 1.807) is 23.0 Å². The van der Waals surface area contributed by atoms with Crippen LogP contribution in [0.25, 0.3) is 11.2 Å². The molecule has 5 atom stereocenters. The minimum atomic E-state index is -1.85. The van der Waals surface area contributed by atoms with Gasteiger partial charge in [0.05, 0.1) is 6.10 Å². The normalized spacial score (nSPS) is 25.8. The van der Waals surface area contributed by atoms with Crippen LogP contribution in [0.4, 0.5) is 5.82 Å². The number of imidazole rings is 1. The van der Waals surface area contributed by atoms with Crippen molar-refractivity contribution in [2.75, 3.05) is 12.1 Å². The number of aliphatic hydroxyl groups excluding tert-OH is 2. The van der Waals surface area contributed by atoms with Gasteiger partial charge in [0.25, 0.3) is 0 Å². The summed E-state index contributed by atoms with van der Waals surface area (Å²) in [4.78, 5) is 8.73. The summed E-state index contributed by atoms with van der Waals surface area (Å²) in [6.07, 6.45) is 1.11. The fourth-order valence-corrected chi connectivity index (χ4v) is 5.84. The zero-order valence-corrected chi connectivity index (χ0v) is 20.8. The van der Waals surface area contributed by atoms with Crippen molar-refractivity contribution in [1.29, 1.82) is 0 Å². The molecule has 4 heterocycles. The first-order valence-corrected chi connectivity index (χ1v) is 12.6. The quantitative estimate of drug-likeness (QED) is 0.435. The molecule has 2 aliphatic rings. The molecule has 2 aliphatic heterocycles. The van der Waals surface area contributed by atoms with Crippen LogP contribution in [0.2, 0.25) is 0 Å². The van der Waals surface area contributed by atoms with Crippen molar-refractivity contribution in [3.8, 4) is 0 Å². The standard InChI is InChI=1S/C21H33N6O5P/c1-7-13(8-2)33(30)32-21(4,5)9-14-16(28)17(29)20(31-14)27-11-26-12(3)24-25(6)18-15(26)19(27)23-10-22-18/h10-11,13-14,16-17,20,28-29H,7-9H2,1-6H3/q+2/t14-,16-,17-,20?/m1/s1. The van der Waals surface area contributed by atoms with Gasteiger partial charge in [0, 0.05) is 20.4 Å². The number of hydrazone groups is 1. The monoisotopic (exact) mass is 480 g/mol. The van der Waals surface area contributed by atoms with Crippen LogP contribution in [-0.4, -0.2) is 67.2 Å². The van der Waals surface area contributed by atoms with E-state index in [-0.39, 0.29) is 12.1 Å². The van der Waals surface area contributed by atoms with Crippen LogP contribution in [-0.2, 0) is 13.8 Å². The smallest absolute Gasteiger partial charge is 0.387 e. The van der Waals surface area contributed by atoms with Crippen LogP contribution < -0.4 is 9.58 Å². The van der Waals surface area contributed by atoms with Gasteiger partial charge in [-0.05, 0) is 31.3 Å². The molecule has 0 radical (unpaired) electrons. The average Bonchev–Trinajstić information content (AvgIpc) is 3.26. The fraction of sp³-hybridized carbons (Fsp3) is 0.714. The summed E-state index contributed by atoms with van der Waals surface area (Å²) in [7, 11) is -0.0473. The third-order valence-corrected chi connectivity index (χ3v) is 8.34. The summed E-state index contributed by atoms with van der Waals surface area (Å²) in [6, 6.07) is 0. The Morgan fingerprint density at radius 2 is 1.97 bits per heavy atom. The lowest BCUT2D eigenvalue weighted by Crippen LogP contribution is -2.46. The van der Waals surface area contributed by atoms with Crippen LogP contribution in [0.3, 0.4) is 0 Å². The lowest BCUT2D eigenvalue weighted by atomic mass is 9.97. The zero-order chi connectivity index (χ0) is 24.1. The third kappa shape index (κ3) is 4.28. The van der Waals surface area contributed by atoms with E-state index in [0.29, 0.717) is 17.3 Å². The lowest BCUT2D eigenvalue weighted by molar-refractivity contribution is -0.745. The molecule has 2 aromatic heterocycles. The van der Waals surface area contributed by atoms with Crippen molar-refractivity contribution < 1.29 is 28.6 Å². The highest BCUT2D eigenvalue weighted by molar-refractivity contribution is 7.40. The molecule has 0 aliphatic carbocycles. The molecule has 33 heavy (non-hydrogen) atoms. The van der Waals surface area contributed by atoms with Crippen molar-refractivity contribution >= 4 is 30.8 Å². The number of aromatic nitrogens is 4. The number of rotatable bonds is 8. The first kappa shape index (κ1) is 24.1. The van der Waals surface area contributed by atoms with Crippen LogP contribution in [0, 0.1) is 0 Å². The second-order valence-corrected chi connectivity index (χ2v) is 10.8. The molecule has 11 nitrogen and oxygen atoms in total. The van der Waals surface area contributed by atoms with E-state index in [1.165, 1.54) is 6.33 Å². The Morgan fingerprint density at radius 3 is 2.64 bits per heavy atom. The molecule has 180 valence electrons. The van der Waals surface area contributed by atoms with E-state index < -0.39 is 38.2 Å². The van der Waals surface area contributed by atoms with Gasteiger partial charge in [-0.3, -0.25) is 0 Å². The SMILES string of the molecule is CCC(CC)[P+](=O)OC(C)(C)C[C@H]1OC([n+]2cn3c4c(ncnc42)N(C)N=C3C)[C@H](O)[C@@H]1O. The van der Waals surface area contributed by atoms with E-state index in [2.05, 4.69) is 15.1 Å². The Kier molecular flexibility index (Phi) is 6.54. The number of ether oxygens (including phenoxy) is 1. The molecule has 0 amide bonds. The Bertz CT molecular complexity index is 1080.